The van der Waals surface area contributed by atoms with Crippen LogP contribution in [-0.4, -0.2) is 9.78 Å². The summed E-state index contributed by atoms with van der Waals surface area (Å²) in [6, 6.07) is 1.73. The van der Waals surface area contributed by atoms with E-state index in [0.717, 1.165) is 23.4 Å². The molecule has 2 heterocycles. The lowest BCUT2D eigenvalue weighted by Crippen LogP contribution is -2.40. The third-order valence-electron chi connectivity index (χ3n) is 3.43. The van der Waals surface area contributed by atoms with Gasteiger partial charge in [-0.1, -0.05) is 16.7 Å². The molecular weight excluding hydrogens is 292 g/mol. The van der Waals surface area contributed by atoms with Crippen molar-refractivity contribution in [1.29, 1.82) is 0 Å². The molecule has 118 valence electrons. The summed E-state index contributed by atoms with van der Waals surface area (Å²) in [4.78, 5) is 12.5. The van der Waals surface area contributed by atoms with Crippen LogP contribution in [0.5, 0.6) is 0 Å². The summed E-state index contributed by atoms with van der Waals surface area (Å²) in [6.07, 6.45) is 2.40. The van der Waals surface area contributed by atoms with Crippen molar-refractivity contribution in [3.8, 4) is 5.82 Å². The fourth-order valence-electron chi connectivity index (χ4n) is 2.48. The fourth-order valence-corrected chi connectivity index (χ4v) is 2.48. The summed E-state index contributed by atoms with van der Waals surface area (Å²) >= 11 is 0. The molecule has 0 atom stereocenters. The molecule has 0 N–H and O–H groups in total. The normalized spacial score (nSPS) is 11.7. The third kappa shape index (κ3) is 2.70. The van der Waals surface area contributed by atoms with Gasteiger partial charge in [-0.15, -0.1) is 0 Å². The van der Waals surface area contributed by atoms with Gasteiger partial charge in [-0.3, -0.25) is 0 Å². The topological polar surface area (TPSA) is 61.8 Å². The van der Waals surface area contributed by atoms with Crippen LogP contribution in [0.3, 0.4) is 0 Å². The molecule has 0 fully saturated rings. The molecule has 0 aliphatic carbocycles. The van der Waals surface area contributed by atoms with E-state index in [4.69, 9.17) is 0 Å². The SMILES string of the molecule is CCc1c(C(C)(F)F)cnn(-c2c(C)cc(C)c[n+]2[O-])c1=O. The van der Waals surface area contributed by atoms with Crippen molar-refractivity contribution in [3.05, 3.63) is 56.3 Å². The molecule has 0 radical (unpaired) electrons. The van der Waals surface area contributed by atoms with Gasteiger partial charge in [0.15, 0.2) is 0 Å². The highest BCUT2D eigenvalue weighted by Crippen LogP contribution is 2.28. The van der Waals surface area contributed by atoms with Gasteiger partial charge in [0.05, 0.1) is 23.5 Å². The summed E-state index contributed by atoms with van der Waals surface area (Å²) in [5.74, 6) is -3.14. The molecule has 2 rings (SSSR count). The number of aromatic nitrogens is 3. The Kier molecular flexibility index (Phi) is 4.00. The van der Waals surface area contributed by atoms with Gasteiger partial charge in [0.2, 0.25) is 0 Å². The van der Waals surface area contributed by atoms with E-state index in [1.54, 1.807) is 26.8 Å². The Morgan fingerprint density at radius 1 is 1.41 bits per heavy atom. The second kappa shape index (κ2) is 5.47. The van der Waals surface area contributed by atoms with Crippen LogP contribution in [0.15, 0.2) is 23.3 Å². The lowest BCUT2D eigenvalue weighted by molar-refractivity contribution is -0.601. The zero-order chi connectivity index (χ0) is 16.7. The molecule has 0 aromatic carbocycles. The van der Waals surface area contributed by atoms with E-state index >= 15 is 0 Å². The lowest BCUT2D eigenvalue weighted by atomic mass is 10.0. The molecule has 22 heavy (non-hydrogen) atoms. The minimum absolute atomic E-state index is 0.0243. The smallest absolute Gasteiger partial charge is 0.363 e. The molecule has 0 spiro atoms. The van der Waals surface area contributed by atoms with E-state index in [2.05, 4.69) is 5.10 Å². The second-order valence-corrected chi connectivity index (χ2v) is 5.35. The summed E-state index contributed by atoms with van der Waals surface area (Å²) in [7, 11) is 0. The maximum atomic E-state index is 13.6. The van der Waals surface area contributed by atoms with E-state index in [1.165, 1.54) is 6.20 Å². The summed E-state index contributed by atoms with van der Waals surface area (Å²) in [5.41, 5.74) is 0.137. The number of hydrogen-bond acceptors (Lipinski definition) is 3. The van der Waals surface area contributed by atoms with Gasteiger partial charge in [-0.2, -0.15) is 0 Å². The standard InChI is InChI=1S/C15H17F2N3O2/c1-5-11-12(15(4,16)17)7-18-20(14(11)21)13-10(3)6-9(2)8-19(13)22/h6-8H,5H2,1-4H3. The molecule has 0 saturated carbocycles. The minimum atomic E-state index is -3.16. The Labute approximate surface area is 126 Å². The Morgan fingerprint density at radius 3 is 2.55 bits per heavy atom. The summed E-state index contributed by atoms with van der Waals surface area (Å²) in [5, 5.41) is 15.8. The second-order valence-electron chi connectivity index (χ2n) is 5.35. The van der Waals surface area contributed by atoms with Crippen molar-refractivity contribution in [1.82, 2.24) is 9.78 Å². The van der Waals surface area contributed by atoms with Crippen LogP contribution < -0.4 is 10.3 Å². The Balaban J connectivity index is 2.78. The highest BCUT2D eigenvalue weighted by atomic mass is 19.3. The zero-order valence-electron chi connectivity index (χ0n) is 12.9. The van der Waals surface area contributed by atoms with Crippen molar-refractivity contribution >= 4 is 0 Å². The molecule has 0 aliphatic heterocycles. The quantitative estimate of drug-likeness (QED) is 0.645. The zero-order valence-corrected chi connectivity index (χ0v) is 12.9. The molecule has 0 aliphatic rings. The maximum absolute atomic E-state index is 13.6. The monoisotopic (exact) mass is 309 g/mol. The van der Waals surface area contributed by atoms with Crippen LogP contribution in [-0.2, 0) is 12.3 Å². The maximum Gasteiger partial charge on any atom is 0.363 e. The molecule has 5 nitrogen and oxygen atoms in total. The van der Waals surface area contributed by atoms with Crippen molar-refractivity contribution in [3.63, 3.8) is 0 Å². The van der Waals surface area contributed by atoms with E-state index in [9.17, 15) is 18.8 Å². The Morgan fingerprint density at radius 2 is 2.05 bits per heavy atom. The van der Waals surface area contributed by atoms with E-state index in [-0.39, 0.29) is 17.8 Å². The molecule has 0 saturated heterocycles. The predicted octanol–water partition coefficient (Wildman–Crippen LogP) is 2.16. The van der Waals surface area contributed by atoms with Crippen LogP contribution in [0.2, 0.25) is 0 Å². The first-order valence-corrected chi connectivity index (χ1v) is 6.87. The third-order valence-corrected chi connectivity index (χ3v) is 3.43. The van der Waals surface area contributed by atoms with Crippen molar-refractivity contribution in [2.24, 2.45) is 0 Å². The summed E-state index contributed by atoms with van der Waals surface area (Å²) in [6.45, 7) is 5.75. The number of pyridine rings is 1. The molecule has 0 unspecified atom stereocenters. The lowest BCUT2D eigenvalue weighted by Gasteiger charge is -2.15. The van der Waals surface area contributed by atoms with Gasteiger partial charge in [-0.05, 0) is 31.9 Å². The van der Waals surface area contributed by atoms with Crippen LogP contribution >= 0.6 is 0 Å². The highest BCUT2D eigenvalue weighted by Gasteiger charge is 2.32. The van der Waals surface area contributed by atoms with E-state index in [1.807, 2.05) is 0 Å². The van der Waals surface area contributed by atoms with Gasteiger partial charge in [-0.25, -0.2) is 18.3 Å². The molecule has 0 amide bonds. The first-order chi connectivity index (χ1) is 10.2. The number of hydrogen-bond donors (Lipinski definition) is 0. The number of aryl methyl sites for hydroxylation is 2. The number of nitrogens with zero attached hydrogens (tertiary/aromatic N) is 3. The first kappa shape index (κ1) is 16.1. The number of alkyl halides is 2. The van der Waals surface area contributed by atoms with Gasteiger partial charge in [0, 0.05) is 12.5 Å². The highest BCUT2D eigenvalue weighted by molar-refractivity contribution is 5.33. The average Bonchev–Trinajstić information content (AvgIpc) is 2.37. The van der Waals surface area contributed by atoms with E-state index < -0.39 is 17.0 Å². The van der Waals surface area contributed by atoms with Crippen LogP contribution in [0, 0.1) is 19.1 Å². The first-order valence-electron chi connectivity index (χ1n) is 6.87. The largest absolute Gasteiger partial charge is 0.711 e. The summed E-state index contributed by atoms with van der Waals surface area (Å²) < 4.78 is 28.6. The Bertz CT molecular complexity index is 756. The average molecular weight is 309 g/mol. The van der Waals surface area contributed by atoms with E-state index in [0.29, 0.717) is 10.3 Å². The molecule has 7 heteroatoms. The molecule has 2 aromatic heterocycles. The predicted molar refractivity (Wildman–Crippen MR) is 77.2 cm³/mol. The van der Waals surface area contributed by atoms with Gasteiger partial charge < -0.3 is 5.21 Å². The van der Waals surface area contributed by atoms with Crippen LogP contribution in [0.25, 0.3) is 5.82 Å². The number of halogens is 2. The molecule has 0 bridgehead atoms. The van der Waals surface area contributed by atoms with Crippen LogP contribution in [0.4, 0.5) is 8.78 Å². The van der Waals surface area contributed by atoms with Gasteiger partial charge >= 0.3 is 11.4 Å². The fraction of sp³-hybridized carbons (Fsp3) is 0.400. The molecular formula is C15H17F2N3O2. The van der Waals surface area contributed by atoms with Gasteiger partial charge in [0.1, 0.15) is 0 Å². The van der Waals surface area contributed by atoms with Gasteiger partial charge in [0.25, 0.3) is 5.92 Å². The number of rotatable bonds is 3. The van der Waals surface area contributed by atoms with Crippen molar-refractivity contribution in [2.75, 3.05) is 0 Å². The van der Waals surface area contributed by atoms with Crippen LogP contribution in [0.1, 0.15) is 36.1 Å². The van der Waals surface area contributed by atoms with Crippen molar-refractivity contribution in [2.45, 2.75) is 40.0 Å². The Hall–Kier alpha value is -2.31. The minimum Gasteiger partial charge on any atom is -0.711 e. The molecule has 2 aromatic rings. The van der Waals surface area contributed by atoms with Crippen molar-refractivity contribution < 1.29 is 13.5 Å².